The second kappa shape index (κ2) is 6.98. The SMILES string of the molecule is Fc1ccc(CN2CC(Oc3ccc(-c4noc(C5CC5)n4)cc3)C2)cc1F. The highest BCUT2D eigenvalue weighted by molar-refractivity contribution is 5.55. The Morgan fingerprint density at radius 1 is 1.04 bits per heavy atom. The van der Waals surface area contributed by atoms with Gasteiger partial charge in [0.2, 0.25) is 11.7 Å². The summed E-state index contributed by atoms with van der Waals surface area (Å²) < 4.78 is 37.5. The van der Waals surface area contributed by atoms with Crippen molar-refractivity contribution in [2.24, 2.45) is 0 Å². The topological polar surface area (TPSA) is 51.4 Å². The average Bonchev–Trinajstić information content (AvgIpc) is 3.40. The quantitative estimate of drug-likeness (QED) is 0.640. The van der Waals surface area contributed by atoms with Gasteiger partial charge in [-0.2, -0.15) is 4.98 Å². The fraction of sp³-hybridized carbons (Fsp3) is 0.333. The van der Waals surface area contributed by atoms with Crippen molar-refractivity contribution >= 4 is 0 Å². The highest BCUT2D eigenvalue weighted by Crippen LogP contribution is 2.39. The third kappa shape index (κ3) is 3.62. The molecule has 1 saturated heterocycles. The molecule has 2 fully saturated rings. The fourth-order valence-corrected chi connectivity index (χ4v) is 3.35. The molecular formula is C21H19F2N3O2. The Morgan fingerprint density at radius 3 is 2.54 bits per heavy atom. The van der Waals surface area contributed by atoms with Crippen LogP contribution in [0.15, 0.2) is 47.0 Å². The van der Waals surface area contributed by atoms with Gasteiger partial charge in [0, 0.05) is 31.1 Å². The van der Waals surface area contributed by atoms with Gasteiger partial charge in [-0.1, -0.05) is 11.2 Å². The zero-order chi connectivity index (χ0) is 19.1. The molecule has 2 aliphatic rings. The van der Waals surface area contributed by atoms with Gasteiger partial charge in [0.15, 0.2) is 11.6 Å². The van der Waals surface area contributed by atoms with Gasteiger partial charge in [0.25, 0.3) is 0 Å². The number of benzene rings is 2. The summed E-state index contributed by atoms with van der Waals surface area (Å²) in [5.74, 6) is 0.933. The van der Waals surface area contributed by atoms with E-state index in [1.807, 2.05) is 24.3 Å². The number of aromatic nitrogens is 2. The molecule has 28 heavy (non-hydrogen) atoms. The van der Waals surface area contributed by atoms with Gasteiger partial charge < -0.3 is 9.26 Å². The van der Waals surface area contributed by atoms with Crippen molar-refractivity contribution in [2.45, 2.75) is 31.4 Å². The van der Waals surface area contributed by atoms with Crippen molar-refractivity contribution in [3.63, 3.8) is 0 Å². The summed E-state index contributed by atoms with van der Waals surface area (Å²) in [5, 5.41) is 4.04. The molecule has 0 unspecified atom stereocenters. The minimum atomic E-state index is -0.818. The van der Waals surface area contributed by atoms with Crippen molar-refractivity contribution in [3.05, 3.63) is 65.6 Å². The average molecular weight is 383 g/mol. The van der Waals surface area contributed by atoms with E-state index in [4.69, 9.17) is 9.26 Å². The van der Waals surface area contributed by atoms with Gasteiger partial charge >= 0.3 is 0 Å². The first-order valence-corrected chi connectivity index (χ1v) is 9.41. The molecule has 1 saturated carbocycles. The van der Waals surface area contributed by atoms with Crippen molar-refractivity contribution in [1.82, 2.24) is 15.0 Å². The summed E-state index contributed by atoms with van der Waals surface area (Å²) in [5.41, 5.74) is 1.66. The molecule has 0 amide bonds. The number of hydrogen-bond acceptors (Lipinski definition) is 5. The lowest BCUT2D eigenvalue weighted by Gasteiger charge is -2.39. The molecule has 3 aromatic rings. The summed E-state index contributed by atoms with van der Waals surface area (Å²) in [6.07, 6.45) is 2.34. The predicted octanol–water partition coefficient (Wildman–Crippen LogP) is 4.16. The first-order valence-electron chi connectivity index (χ1n) is 9.41. The molecule has 1 aliphatic carbocycles. The van der Waals surface area contributed by atoms with Crippen LogP contribution in [-0.4, -0.2) is 34.2 Å². The van der Waals surface area contributed by atoms with Crippen molar-refractivity contribution in [3.8, 4) is 17.1 Å². The molecule has 2 aromatic carbocycles. The standard InChI is InChI=1S/C21H19F2N3O2/c22-18-8-1-13(9-19(18)23)10-26-11-17(12-26)27-16-6-4-14(5-7-16)20-24-21(28-25-20)15-2-3-15/h1,4-9,15,17H,2-3,10-12H2. The summed E-state index contributed by atoms with van der Waals surface area (Å²) in [6.45, 7) is 2.07. The van der Waals surface area contributed by atoms with E-state index >= 15 is 0 Å². The number of likely N-dealkylation sites (tertiary alicyclic amines) is 1. The van der Waals surface area contributed by atoms with E-state index in [1.54, 1.807) is 6.07 Å². The smallest absolute Gasteiger partial charge is 0.230 e. The van der Waals surface area contributed by atoms with E-state index in [-0.39, 0.29) is 6.10 Å². The molecule has 0 atom stereocenters. The highest BCUT2D eigenvalue weighted by Gasteiger charge is 2.30. The van der Waals surface area contributed by atoms with Crippen molar-refractivity contribution < 1.29 is 18.0 Å². The first kappa shape index (κ1) is 17.3. The first-order chi connectivity index (χ1) is 13.6. The molecule has 0 radical (unpaired) electrons. The largest absolute Gasteiger partial charge is 0.488 e. The van der Waals surface area contributed by atoms with Gasteiger partial charge in [0.05, 0.1) is 0 Å². The third-order valence-corrected chi connectivity index (χ3v) is 5.10. The van der Waals surface area contributed by atoms with Crippen LogP contribution < -0.4 is 4.74 Å². The Labute approximate surface area is 160 Å². The molecule has 0 spiro atoms. The Balaban J connectivity index is 1.13. The van der Waals surface area contributed by atoms with E-state index in [0.717, 1.165) is 54.8 Å². The normalized spacial score (nSPS) is 17.5. The van der Waals surface area contributed by atoms with Gasteiger partial charge in [0.1, 0.15) is 11.9 Å². The van der Waals surface area contributed by atoms with Crippen LogP contribution in [0, 0.1) is 11.6 Å². The lowest BCUT2D eigenvalue weighted by atomic mass is 10.1. The Morgan fingerprint density at radius 2 is 1.82 bits per heavy atom. The molecule has 0 bridgehead atoms. The number of ether oxygens (including phenoxy) is 1. The zero-order valence-electron chi connectivity index (χ0n) is 15.1. The summed E-state index contributed by atoms with van der Waals surface area (Å²) >= 11 is 0. The van der Waals surface area contributed by atoms with Crippen LogP contribution in [0.2, 0.25) is 0 Å². The van der Waals surface area contributed by atoms with Gasteiger partial charge in [-0.3, -0.25) is 4.90 Å². The van der Waals surface area contributed by atoms with Crippen molar-refractivity contribution in [1.29, 1.82) is 0 Å². The van der Waals surface area contributed by atoms with Crippen LogP contribution in [0.4, 0.5) is 8.78 Å². The van der Waals surface area contributed by atoms with Crippen LogP contribution in [0.3, 0.4) is 0 Å². The molecule has 144 valence electrons. The third-order valence-electron chi connectivity index (χ3n) is 5.10. The van der Waals surface area contributed by atoms with Crippen LogP contribution >= 0.6 is 0 Å². The minimum absolute atomic E-state index is 0.0859. The monoisotopic (exact) mass is 383 g/mol. The summed E-state index contributed by atoms with van der Waals surface area (Å²) in [7, 11) is 0. The maximum atomic E-state index is 13.3. The molecule has 5 rings (SSSR count). The predicted molar refractivity (Wildman–Crippen MR) is 97.8 cm³/mol. The van der Waals surface area contributed by atoms with E-state index in [2.05, 4.69) is 15.0 Å². The molecule has 0 N–H and O–H groups in total. The molecule has 1 aromatic heterocycles. The van der Waals surface area contributed by atoms with Gasteiger partial charge in [-0.25, -0.2) is 8.78 Å². The Hall–Kier alpha value is -2.80. The number of rotatable bonds is 6. The highest BCUT2D eigenvalue weighted by atomic mass is 19.2. The Kier molecular flexibility index (Phi) is 4.31. The number of halogens is 2. The van der Waals surface area contributed by atoms with Gasteiger partial charge in [-0.05, 0) is 54.8 Å². The van der Waals surface area contributed by atoms with E-state index < -0.39 is 11.6 Å². The second-order valence-corrected chi connectivity index (χ2v) is 7.44. The van der Waals surface area contributed by atoms with E-state index in [1.165, 1.54) is 6.07 Å². The van der Waals surface area contributed by atoms with Gasteiger partial charge in [-0.15, -0.1) is 0 Å². The van der Waals surface area contributed by atoms with E-state index in [0.29, 0.717) is 18.3 Å². The molecule has 5 nitrogen and oxygen atoms in total. The number of nitrogens with zero attached hydrogens (tertiary/aromatic N) is 3. The lowest BCUT2D eigenvalue weighted by Crippen LogP contribution is -2.53. The van der Waals surface area contributed by atoms with E-state index in [9.17, 15) is 8.78 Å². The summed E-state index contributed by atoms with van der Waals surface area (Å²) in [4.78, 5) is 6.58. The maximum absolute atomic E-state index is 13.3. The molecule has 1 aliphatic heterocycles. The Bertz CT molecular complexity index is 980. The fourth-order valence-electron chi connectivity index (χ4n) is 3.35. The molecule has 2 heterocycles. The molecular weight excluding hydrogens is 364 g/mol. The minimum Gasteiger partial charge on any atom is -0.488 e. The van der Waals surface area contributed by atoms with Crippen LogP contribution in [0.25, 0.3) is 11.4 Å². The van der Waals surface area contributed by atoms with Crippen molar-refractivity contribution in [2.75, 3.05) is 13.1 Å². The maximum Gasteiger partial charge on any atom is 0.230 e. The van der Waals surface area contributed by atoms with Crippen LogP contribution in [0.1, 0.15) is 30.2 Å². The van der Waals surface area contributed by atoms with Crippen LogP contribution in [-0.2, 0) is 6.54 Å². The number of hydrogen-bond donors (Lipinski definition) is 0. The lowest BCUT2D eigenvalue weighted by molar-refractivity contribution is 0.0145. The van der Waals surface area contributed by atoms with Crippen LogP contribution in [0.5, 0.6) is 5.75 Å². The zero-order valence-corrected chi connectivity index (χ0v) is 15.1. The molecule has 7 heteroatoms. The second-order valence-electron chi connectivity index (χ2n) is 7.44. The summed E-state index contributed by atoms with van der Waals surface area (Å²) in [6, 6.07) is 11.7.